The molecule has 2 aromatic carbocycles. The predicted octanol–water partition coefficient (Wildman–Crippen LogP) is 4.09. The minimum absolute atomic E-state index is 0.178. The Morgan fingerprint density at radius 1 is 1.24 bits per heavy atom. The number of fused-ring (bicyclic) bond motifs is 1. The molecule has 0 radical (unpaired) electrons. The summed E-state index contributed by atoms with van der Waals surface area (Å²) >= 11 is 6.09. The van der Waals surface area contributed by atoms with Gasteiger partial charge in [-0.05, 0) is 55.7 Å². The number of ether oxygens (including phenoxy) is 2. The van der Waals surface area contributed by atoms with Crippen LogP contribution in [0, 0.1) is 0 Å². The van der Waals surface area contributed by atoms with Crippen LogP contribution in [0.1, 0.15) is 35.8 Å². The molecule has 0 spiro atoms. The van der Waals surface area contributed by atoms with Gasteiger partial charge in [-0.25, -0.2) is 0 Å². The van der Waals surface area contributed by atoms with Crippen molar-refractivity contribution in [2.75, 3.05) is 26.4 Å². The molecule has 1 saturated heterocycles. The van der Waals surface area contributed by atoms with E-state index in [1.165, 1.54) is 5.56 Å². The molecule has 1 aliphatic rings. The van der Waals surface area contributed by atoms with Crippen LogP contribution in [-0.2, 0) is 10.2 Å². The highest BCUT2D eigenvalue weighted by atomic mass is 35.5. The summed E-state index contributed by atoms with van der Waals surface area (Å²) in [4.78, 5) is 12.9. The minimum Gasteiger partial charge on any atom is -0.494 e. The average Bonchev–Trinajstić information content (AvgIpc) is 3.16. The van der Waals surface area contributed by atoms with E-state index in [-0.39, 0.29) is 11.3 Å². The number of aromatic nitrogens is 2. The van der Waals surface area contributed by atoms with Crippen LogP contribution in [0.3, 0.4) is 0 Å². The summed E-state index contributed by atoms with van der Waals surface area (Å²) in [7, 11) is 0. The molecule has 2 heterocycles. The van der Waals surface area contributed by atoms with E-state index in [1.54, 1.807) is 12.1 Å². The Morgan fingerprint density at radius 3 is 2.72 bits per heavy atom. The van der Waals surface area contributed by atoms with Crippen molar-refractivity contribution >= 4 is 28.4 Å². The second-order valence-electron chi connectivity index (χ2n) is 7.29. The number of nitrogens with one attached hydrogen (secondary N) is 2. The Balaban J connectivity index is 1.55. The highest BCUT2D eigenvalue weighted by molar-refractivity contribution is 6.31. The average molecular weight is 414 g/mol. The number of carbonyl (C=O) groups is 1. The molecule has 1 aromatic heterocycles. The Bertz CT molecular complexity index is 994. The number of aromatic amines is 1. The number of benzene rings is 2. The maximum Gasteiger partial charge on any atom is 0.272 e. The Labute approximate surface area is 174 Å². The summed E-state index contributed by atoms with van der Waals surface area (Å²) in [6, 6.07) is 13.5. The molecular formula is C22H24ClN3O3. The lowest BCUT2D eigenvalue weighted by molar-refractivity contribution is 0.0486. The van der Waals surface area contributed by atoms with Gasteiger partial charge < -0.3 is 14.8 Å². The normalized spacial score (nSPS) is 15.9. The molecule has 7 heteroatoms. The van der Waals surface area contributed by atoms with Crippen molar-refractivity contribution in [2.24, 2.45) is 0 Å². The SMILES string of the molecule is CCOc1ccc(C2(CNC(=O)c3n[nH]c4ccc(Cl)cc34)CCOCC2)cc1. The Kier molecular flexibility index (Phi) is 5.74. The number of amides is 1. The first-order valence-electron chi connectivity index (χ1n) is 9.84. The molecule has 29 heavy (non-hydrogen) atoms. The van der Waals surface area contributed by atoms with Crippen molar-refractivity contribution < 1.29 is 14.3 Å². The number of hydrogen-bond donors (Lipinski definition) is 2. The highest BCUT2D eigenvalue weighted by Gasteiger charge is 2.35. The van der Waals surface area contributed by atoms with Crippen LogP contribution in [0.25, 0.3) is 10.9 Å². The van der Waals surface area contributed by atoms with E-state index in [1.807, 2.05) is 25.1 Å². The zero-order valence-corrected chi connectivity index (χ0v) is 17.1. The third-order valence-corrected chi connectivity index (χ3v) is 5.79. The smallest absolute Gasteiger partial charge is 0.272 e. The molecule has 4 rings (SSSR count). The van der Waals surface area contributed by atoms with Gasteiger partial charge in [-0.15, -0.1) is 0 Å². The summed E-state index contributed by atoms with van der Waals surface area (Å²) in [5.41, 5.74) is 2.14. The van der Waals surface area contributed by atoms with Crippen LogP contribution in [0.15, 0.2) is 42.5 Å². The molecule has 0 bridgehead atoms. The molecule has 6 nitrogen and oxygen atoms in total. The van der Waals surface area contributed by atoms with Crippen LogP contribution < -0.4 is 10.1 Å². The van der Waals surface area contributed by atoms with Gasteiger partial charge in [0.2, 0.25) is 0 Å². The lowest BCUT2D eigenvalue weighted by Crippen LogP contribution is -2.44. The van der Waals surface area contributed by atoms with E-state index < -0.39 is 0 Å². The van der Waals surface area contributed by atoms with Gasteiger partial charge in [0.1, 0.15) is 5.75 Å². The van der Waals surface area contributed by atoms with E-state index in [2.05, 4.69) is 27.6 Å². The van der Waals surface area contributed by atoms with Crippen molar-refractivity contribution in [1.82, 2.24) is 15.5 Å². The number of H-pyrrole nitrogens is 1. The van der Waals surface area contributed by atoms with E-state index in [4.69, 9.17) is 21.1 Å². The van der Waals surface area contributed by atoms with Crippen molar-refractivity contribution in [3.63, 3.8) is 0 Å². The first kappa shape index (κ1) is 19.7. The van der Waals surface area contributed by atoms with Gasteiger partial charge in [0.25, 0.3) is 5.91 Å². The lowest BCUT2D eigenvalue weighted by Gasteiger charge is -2.38. The summed E-state index contributed by atoms with van der Waals surface area (Å²) in [6.07, 6.45) is 1.68. The highest BCUT2D eigenvalue weighted by Crippen LogP contribution is 2.35. The zero-order valence-electron chi connectivity index (χ0n) is 16.3. The molecular weight excluding hydrogens is 390 g/mol. The summed E-state index contributed by atoms with van der Waals surface area (Å²) in [5, 5.41) is 11.5. The number of rotatable bonds is 6. The molecule has 1 aliphatic heterocycles. The first-order valence-corrected chi connectivity index (χ1v) is 10.2. The maximum atomic E-state index is 12.9. The molecule has 2 N–H and O–H groups in total. The van der Waals surface area contributed by atoms with Crippen molar-refractivity contribution in [2.45, 2.75) is 25.2 Å². The fourth-order valence-electron chi connectivity index (χ4n) is 3.89. The molecule has 152 valence electrons. The topological polar surface area (TPSA) is 76.2 Å². The molecule has 1 fully saturated rings. The van der Waals surface area contributed by atoms with E-state index in [0.717, 1.165) is 29.5 Å². The minimum atomic E-state index is -0.213. The standard InChI is InChI=1S/C22H24ClN3O3/c1-2-29-17-6-3-15(4-7-17)22(9-11-28-12-10-22)14-24-21(27)20-18-13-16(23)5-8-19(18)25-26-20/h3-8,13H,2,9-12,14H2,1H3,(H,24,27)(H,25,26). The second-order valence-corrected chi connectivity index (χ2v) is 7.73. The monoisotopic (exact) mass is 413 g/mol. The molecule has 1 amide bonds. The van der Waals surface area contributed by atoms with Crippen LogP contribution in [0.5, 0.6) is 5.75 Å². The molecule has 0 unspecified atom stereocenters. The van der Waals surface area contributed by atoms with Gasteiger partial charge >= 0.3 is 0 Å². The number of carbonyl (C=O) groups excluding carboxylic acids is 1. The van der Waals surface area contributed by atoms with Crippen molar-refractivity contribution in [3.05, 3.63) is 58.7 Å². The predicted molar refractivity (Wildman–Crippen MR) is 113 cm³/mol. The van der Waals surface area contributed by atoms with Gasteiger partial charge in [0, 0.05) is 35.6 Å². The van der Waals surface area contributed by atoms with E-state index in [0.29, 0.717) is 37.1 Å². The van der Waals surface area contributed by atoms with E-state index >= 15 is 0 Å². The first-order chi connectivity index (χ1) is 14.1. The number of halogens is 1. The Morgan fingerprint density at radius 2 is 2.00 bits per heavy atom. The number of hydrogen-bond acceptors (Lipinski definition) is 4. The third kappa shape index (κ3) is 4.09. The van der Waals surface area contributed by atoms with Gasteiger partial charge in [0.05, 0.1) is 12.1 Å². The fraction of sp³-hybridized carbons (Fsp3) is 0.364. The molecule has 0 atom stereocenters. The Hall–Kier alpha value is -2.57. The largest absolute Gasteiger partial charge is 0.494 e. The quantitative estimate of drug-likeness (QED) is 0.638. The van der Waals surface area contributed by atoms with Crippen LogP contribution in [0.4, 0.5) is 0 Å². The molecule has 0 aliphatic carbocycles. The fourth-order valence-corrected chi connectivity index (χ4v) is 4.07. The van der Waals surface area contributed by atoms with E-state index in [9.17, 15) is 4.79 Å². The van der Waals surface area contributed by atoms with Gasteiger partial charge in [0.15, 0.2) is 5.69 Å². The van der Waals surface area contributed by atoms with Gasteiger partial charge in [-0.3, -0.25) is 9.89 Å². The van der Waals surface area contributed by atoms with Crippen LogP contribution in [-0.4, -0.2) is 42.5 Å². The molecule has 3 aromatic rings. The van der Waals surface area contributed by atoms with Gasteiger partial charge in [-0.1, -0.05) is 23.7 Å². The van der Waals surface area contributed by atoms with Crippen molar-refractivity contribution in [1.29, 1.82) is 0 Å². The van der Waals surface area contributed by atoms with Gasteiger partial charge in [-0.2, -0.15) is 5.10 Å². The third-order valence-electron chi connectivity index (χ3n) is 5.55. The maximum absolute atomic E-state index is 12.9. The number of nitrogens with zero attached hydrogens (tertiary/aromatic N) is 1. The van der Waals surface area contributed by atoms with Crippen LogP contribution in [0.2, 0.25) is 5.02 Å². The summed E-state index contributed by atoms with van der Waals surface area (Å²) in [6.45, 7) is 4.46. The molecule has 0 saturated carbocycles. The zero-order chi connectivity index (χ0) is 20.3. The second kappa shape index (κ2) is 8.43. The summed E-state index contributed by atoms with van der Waals surface area (Å²) in [5.74, 6) is 0.637. The van der Waals surface area contributed by atoms with Crippen LogP contribution >= 0.6 is 11.6 Å². The lowest BCUT2D eigenvalue weighted by atomic mass is 9.74. The van der Waals surface area contributed by atoms with Crippen molar-refractivity contribution in [3.8, 4) is 5.75 Å². The summed E-state index contributed by atoms with van der Waals surface area (Å²) < 4.78 is 11.2.